The maximum Gasteiger partial charge on any atom is 0.225 e. The van der Waals surface area contributed by atoms with Crippen molar-refractivity contribution in [3.05, 3.63) is 0 Å². The summed E-state index contributed by atoms with van der Waals surface area (Å²) in [5, 5.41) is 0. The Hall–Kier alpha value is -0.610. The van der Waals surface area contributed by atoms with Crippen LogP contribution in [0.2, 0.25) is 0 Å². The maximum absolute atomic E-state index is 12.0. The summed E-state index contributed by atoms with van der Waals surface area (Å²) >= 11 is 0. The molecule has 1 aliphatic heterocycles. The fourth-order valence-corrected chi connectivity index (χ4v) is 2.45. The van der Waals surface area contributed by atoms with Crippen LogP contribution < -0.4 is 5.90 Å². The second-order valence-corrected chi connectivity index (χ2v) is 4.75. The van der Waals surface area contributed by atoms with E-state index in [1.165, 1.54) is 6.42 Å². The minimum Gasteiger partial charge on any atom is -0.342 e. The summed E-state index contributed by atoms with van der Waals surface area (Å²) in [4.78, 5) is 18.7. The number of rotatable bonds is 3. The van der Waals surface area contributed by atoms with Gasteiger partial charge in [-0.1, -0.05) is 6.42 Å². The lowest BCUT2D eigenvalue weighted by Gasteiger charge is -2.36. The zero-order chi connectivity index (χ0) is 10.7. The van der Waals surface area contributed by atoms with Crippen molar-refractivity contribution in [2.45, 2.75) is 32.1 Å². The molecule has 2 aliphatic rings. The first-order chi connectivity index (χ1) is 7.31. The number of nitrogens with two attached hydrogens (primary N) is 1. The van der Waals surface area contributed by atoms with Gasteiger partial charge in [-0.15, -0.1) is 0 Å². The molecule has 4 heteroatoms. The van der Waals surface area contributed by atoms with Crippen molar-refractivity contribution < 1.29 is 9.63 Å². The number of amides is 1. The van der Waals surface area contributed by atoms with Crippen molar-refractivity contribution in [1.82, 2.24) is 4.90 Å². The molecule has 0 radical (unpaired) electrons. The number of carbonyl (C=O) groups excluding carboxylic acids is 1. The molecule has 2 fully saturated rings. The van der Waals surface area contributed by atoms with Gasteiger partial charge in [-0.05, 0) is 25.7 Å². The SMILES string of the molecule is NOCC1CCCN(C(=O)C2CCC2)C1. The van der Waals surface area contributed by atoms with Crippen LogP contribution in [0, 0.1) is 11.8 Å². The number of carbonyl (C=O) groups is 1. The summed E-state index contributed by atoms with van der Waals surface area (Å²) in [5.41, 5.74) is 0. The molecule has 0 aromatic carbocycles. The van der Waals surface area contributed by atoms with Gasteiger partial charge in [-0.2, -0.15) is 0 Å². The molecule has 0 bridgehead atoms. The van der Waals surface area contributed by atoms with Crippen molar-refractivity contribution >= 4 is 5.91 Å². The average Bonchev–Trinajstić information content (AvgIpc) is 2.16. The highest BCUT2D eigenvalue weighted by molar-refractivity contribution is 5.79. The van der Waals surface area contributed by atoms with E-state index in [-0.39, 0.29) is 0 Å². The number of likely N-dealkylation sites (tertiary alicyclic amines) is 1. The number of piperidine rings is 1. The molecule has 1 aliphatic carbocycles. The Balaban J connectivity index is 1.83. The van der Waals surface area contributed by atoms with Crippen LogP contribution in [-0.4, -0.2) is 30.5 Å². The van der Waals surface area contributed by atoms with E-state index in [4.69, 9.17) is 5.90 Å². The second-order valence-electron chi connectivity index (χ2n) is 4.75. The Morgan fingerprint density at radius 2 is 2.13 bits per heavy atom. The molecular weight excluding hydrogens is 192 g/mol. The molecule has 15 heavy (non-hydrogen) atoms. The van der Waals surface area contributed by atoms with E-state index < -0.39 is 0 Å². The maximum atomic E-state index is 12.0. The van der Waals surface area contributed by atoms with E-state index in [1.54, 1.807) is 0 Å². The van der Waals surface area contributed by atoms with Gasteiger partial charge in [0.1, 0.15) is 0 Å². The minimum absolute atomic E-state index is 0.322. The van der Waals surface area contributed by atoms with Gasteiger partial charge in [-0.25, -0.2) is 5.90 Å². The molecule has 0 aromatic rings. The van der Waals surface area contributed by atoms with E-state index in [9.17, 15) is 4.79 Å². The molecule has 2 N–H and O–H groups in total. The minimum atomic E-state index is 0.322. The molecular formula is C11H20N2O2. The molecule has 0 spiro atoms. The van der Waals surface area contributed by atoms with Gasteiger partial charge >= 0.3 is 0 Å². The topological polar surface area (TPSA) is 55.6 Å². The molecule has 1 unspecified atom stereocenters. The van der Waals surface area contributed by atoms with Crippen molar-refractivity contribution in [3.8, 4) is 0 Å². The van der Waals surface area contributed by atoms with Gasteiger partial charge < -0.3 is 9.74 Å². The van der Waals surface area contributed by atoms with Crippen molar-refractivity contribution in [1.29, 1.82) is 0 Å². The molecule has 1 atom stereocenters. The first-order valence-electron chi connectivity index (χ1n) is 5.91. The summed E-state index contributed by atoms with van der Waals surface area (Å²) in [5.74, 6) is 6.20. The highest BCUT2D eigenvalue weighted by Crippen LogP contribution is 2.29. The van der Waals surface area contributed by atoms with Gasteiger partial charge in [-0.3, -0.25) is 4.79 Å². The Labute approximate surface area is 90.7 Å². The zero-order valence-corrected chi connectivity index (χ0v) is 9.15. The number of hydrogen-bond acceptors (Lipinski definition) is 3. The Morgan fingerprint density at radius 3 is 2.73 bits per heavy atom. The molecule has 4 nitrogen and oxygen atoms in total. The van der Waals surface area contributed by atoms with Crippen LogP contribution in [0.5, 0.6) is 0 Å². The second kappa shape index (κ2) is 4.94. The van der Waals surface area contributed by atoms with Crippen LogP contribution in [0.3, 0.4) is 0 Å². The monoisotopic (exact) mass is 212 g/mol. The van der Waals surface area contributed by atoms with Crippen LogP contribution in [0.25, 0.3) is 0 Å². The summed E-state index contributed by atoms with van der Waals surface area (Å²) in [6.07, 6.45) is 5.62. The van der Waals surface area contributed by atoms with Crippen LogP contribution in [0.15, 0.2) is 0 Å². The quantitative estimate of drug-likeness (QED) is 0.708. The van der Waals surface area contributed by atoms with Crippen LogP contribution in [0.1, 0.15) is 32.1 Å². The summed E-state index contributed by atoms with van der Waals surface area (Å²) < 4.78 is 0. The molecule has 0 aromatic heterocycles. The summed E-state index contributed by atoms with van der Waals surface area (Å²) in [6, 6.07) is 0. The predicted molar refractivity (Wildman–Crippen MR) is 56.8 cm³/mol. The molecule has 1 saturated carbocycles. The fraction of sp³-hybridized carbons (Fsp3) is 0.909. The summed E-state index contributed by atoms with van der Waals surface area (Å²) in [6.45, 7) is 2.34. The number of nitrogens with zero attached hydrogens (tertiary/aromatic N) is 1. The van der Waals surface area contributed by atoms with E-state index in [0.29, 0.717) is 24.3 Å². The lowest BCUT2D eigenvalue weighted by atomic mass is 9.83. The number of hydrogen-bond donors (Lipinski definition) is 1. The highest BCUT2D eigenvalue weighted by Gasteiger charge is 2.32. The predicted octanol–water partition coefficient (Wildman–Crippen LogP) is 0.915. The molecule has 86 valence electrons. The van der Waals surface area contributed by atoms with E-state index in [1.807, 2.05) is 4.90 Å². The largest absolute Gasteiger partial charge is 0.342 e. The molecule has 1 saturated heterocycles. The molecule has 1 amide bonds. The zero-order valence-electron chi connectivity index (χ0n) is 9.15. The Morgan fingerprint density at radius 1 is 1.33 bits per heavy atom. The normalized spacial score (nSPS) is 27.5. The van der Waals surface area contributed by atoms with Gasteiger partial charge in [0.05, 0.1) is 6.61 Å². The third kappa shape index (κ3) is 2.49. The van der Waals surface area contributed by atoms with E-state index in [2.05, 4.69) is 4.84 Å². The van der Waals surface area contributed by atoms with Gasteiger partial charge in [0.15, 0.2) is 0 Å². The van der Waals surface area contributed by atoms with Crippen molar-refractivity contribution in [2.24, 2.45) is 17.7 Å². The fourth-order valence-electron chi connectivity index (χ4n) is 2.45. The van der Waals surface area contributed by atoms with E-state index in [0.717, 1.165) is 38.8 Å². The smallest absolute Gasteiger partial charge is 0.225 e. The first-order valence-corrected chi connectivity index (χ1v) is 5.91. The highest BCUT2D eigenvalue weighted by atomic mass is 16.6. The third-order valence-corrected chi connectivity index (χ3v) is 3.62. The van der Waals surface area contributed by atoms with Gasteiger partial charge in [0.25, 0.3) is 0 Å². The van der Waals surface area contributed by atoms with Crippen molar-refractivity contribution in [3.63, 3.8) is 0 Å². The lowest BCUT2D eigenvalue weighted by molar-refractivity contribution is -0.140. The molecule has 1 heterocycles. The van der Waals surface area contributed by atoms with Gasteiger partial charge in [0.2, 0.25) is 5.91 Å². The first kappa shape index (κ1) is 10.9. The Kier molecular flexibility index (Phi) is 3.59. The van der Waals surface area contributed by atoms with E-state index >= 15 is 0 Å². The van der Waals surface area contributed by atoms with Crippen LogP contribution in [-0.2, 0) is 9.63 Å². The van der Waals surface area contributed by atoms with Crippen LogP contribution in [0.4, 0.5) is 0 Å². The van der Waals surface area contributed by atoms with Crippen molar-refractivity contribution in [2.75, 3.05) is 19.7 Å². The van der Waals surface area contributed by atoms with Gasteiger partial charge in [0, 0.05) is 24.9 Å². The average molecular weight is 212 g/mol. The summed E-state index contributed by atoms with van der Waals surface area (Å²) in [7, 11) is 0. The lowest BCUT2D eigenvalue weighted by Crippen LogP contribution is -2.45. The standard InChI is InChI=1S/C11H20N2O2/c12-15-8-9-3-2-6-13(7-9)11(14)10-4-1-5-10/h9-10H,1-8,12H2. The molecule has 2 rings (SSSR count). The Bertz CT molecular complexity index is 227. The van der Waals surface area contributed by atoms with Crippen LogP contribution >= 0.6 is 0 Å². The third-order valence-electron chi connectivity index (χ3n) is 3.62.